The molecule has 0 saturated carbocycles. The molecule has 2 rings (SSSR count). The normalized spacial score (nSPS) is 12.0. The molecule has 0 amide bonds. The Morgan fingerprint density at radius 2 is 2.05 bits per heavy atom. The predicted octanol–water partition coefficient (Wildman–Crippen LogP) is 0.934. The zero-order valence-corrected chi connectivity index (χ0v) is 10.6. The molecule has 1 atom stereocenters. The molecule has 0 bridgehead atoms. The van der Waals surface area contributed by atoms with Crippen LogP contribution in [0.15, 0.2) is 24.3 Å². The minimum absolute atomic E-state index is 0.139. The highest BCUT2D eigenvalue weighted by Crippen LogP contribution is 2.19. The van der Waals surface area contributed by atoms with Crippen molar-refractivity contribution in [2.24, 2.45) is 0 Å². The second kappa shape index (κ2) is 5.53. The van der Waals surface area contributed by atoms with Crippen LogP contribution in [0.25, 0.3) is 0 Å². The molecule has 19 heavy (non-hydrogen) atoms. The topological polar surface area (TPSA) is 121 Å². The van der Waals surface area contributed by atoms with E-state index in [0.717, 1.165) is 16.9 Å². The number of hydrogen-bond acceptors (Lipinski definition) is 7. The van der Waals surface area contributed by atoms with Gasteiger partial charge in [-0.3, -0.25) is 0 Å². The van der Waals surface area contributed by atoms with Gasteiger partial charge in [0.25, 0.3) is 0 Å². The second-order valence-electron chi connectivity index (χ2n) is 3.85. The Morgan fingerprint density at radius 3 is 2.58 bits per heavy atom. The lowest BCUT2D eigenvalue weighted by Gasteiger charge is -2.13. The van der Waals surface area contributed by atoms with E-state index in [1.165, 1.54) is 12.1 Å². The Kier molecular flexibility index (Phi) is 3.81. The van der Waals surface area contributed by atoms with Crippen molar-refractivity contribution in [3.63, 3.8) is 0 Å². The van der Waals surface area contributed by atoms with Gasteiger partial charge in [0.1, 0.15) is 11.8 Å². The van der Waals surface area contributed by atoms with Crippen LogP contribution in [0.4, 0.5) is 10.3 Å². The number of nitrogen functional groups attached to an aromatic ring is 1. The van der Waals surface area contributed by atoms with E-state index in [1.807, 2.05) is 0 Å². The number of phenols is 1. The Bertz CT molecular complexity index is 570. The van der Waals surface area contributed by atoms with E-state index in [2.05, 4.69) is 15.5 Å². The van der Waals surface area contributed by atoms with Crippen LogP contribution in [-0.2, 0) is 11.2 Å². The molecule has 0 aliphatic carbocycles. The quantitative estimate of drug-likeness (QED) is 0.642. The molecule has 0 aliphatic heterocycles. The van der Waals surface area contributed by atoms with Gasteiger partial charge in [0.05, 0.1) is 0 Å². The van der Waals surface area contributed by atoms with Gasteiger partial charge in [-0.25, -0.2) is 4.79 Å². The van der Waals surface area contributed by atoms with Crippen molar-refractivity contribution in [1.29, 1.82) is 0 Å². The first-order valence-electron chi connectivity index (χ1n) is 5.41. The summed E-state index contributed by atoms with van der Waals surface area (Å²) in [5, 5.41) is 29.1. The zero-order valence-electron chi connectivity index (χ0n) is 9.78. The lowest BCUT2D eigenvalue weighted by atomic mass is 10.1. The van der Waals surface area contributed by atoms with E-state index in [0.29, 0.717) is 5.13 Å². The lowest BCUT2D eigenvalue weighted by Crippen LogP contribution is -2.31. The maximum atomic E-state index is 11.2. The molecule has 5 N–H and O–H groups in total. The molecule has 0 radical (unpaired) electrons. The number of benzene rings is 1. The van der Waals surface area contributed by atoms with Gasteiger partial charge in [0.15, 0.2) is 0 Å². The molecule has 0 unspecified atom stereocenters. The first kappa shape index (κ1) is 13.1. The lowest BCUT2D eigenvalue weighted by molar-refractivity contribution is -0.137. The zero-order chi connectivity index (χ0) is 13.8. The number of hydrogen-bond donors (Lipinski definition) is 4. The van der Waals surface area contributed by atoms with E-state index >= 15 is 0 Å². The van der Waals surface area contributed by atoms with Crippen LogP contribution in [0.5, 0.6) is 5.75 Å². The molecule has 2 aromatic rings. The minimum atomic E-state index is -0.998. The number of carbonyl (C=O) groups is 1. The van der Waals surface area contributed by atoms with Gasteiger partial charge in [-0.1, -0.05) is 23.5 Å². The molecular weight excluding hydrogens is 268 g/mol. The minimum Gasteiger partial charge on any atom is -0.508 e. The summed E-state index contributed by atoms with van der Waals surface area (Å²) >= 11 is 1.09. The molecule has 1 aromatic carbocycles. The van der Waals surface area contributed by atoms with Crippen LogP contribution >= 0.6 is 11.3 Å². The third kappa shape index (κ3) is 3.55. The van der Waals surface area contributed by atoms with Crippen molar-refractivity contribution in [1.82, 2.24) is 10.2 Å². The van der Waals surface area contributed by atoms with Crippen molar-refractivity contribution in [2.45, 2.75) is 12.5 Å². The van der Waals surface area contributed by atoms with E-state index in [9.17, 15) is 15.0 Å². The number of nitrogens with one attached hydrogen (secondary N) is 1. The molecule has 0 aliphatic rings. The number of anilines is 2. The van der Waals surface area contributed by atoms with Gasteiger partial charge < -0.3 is 21.3 Å². The maximum absolute atomic E-state index is 11.2. The van der Waals surface area contributed by atoms with Gasteiger partial charge in [-0.15, -0.1) is 10.2 Å². The smallest absolute Gasteiger partial charge is 0.326 e. The third-order valence-corrected chi connectivity index (χ3v) is 3.10. The number of aromatic nitrogens is 2. The largest absolute Gasteiger partial charge is 0.508 e. The number of phenolic OH excluding ortho intramolecular Hbond substituents is 1. The van der Waals surface area contributed by atoms with E-state index < -0.39 is 12.0 Å². The van der Waals surface area contributed by atoms with Crippen molar-refractivity contribution in [3.8, 4) is 5.75 Å². The number of aliphatic carboxylic acids is 1. The number of nitrogens with two attached hydrogens (primary N) is 1. The average molecular weight is 280 g/mol. The molecule has 8 heteroatoms. The van der Waals surface area contributed by atoms with Crippen LogP contribution in [0.3, 0.4) is 0 Å². The molecule has 0 saturated heterocycles. The van der Waals surface area contributed by atoms with Crippen molar-refractivity contribution >= 4 is 27.6 Å². The number of carboxylic acids is 1. The molecule has 1 heterocycles. The van der Waals surface area contributed by atoms with Gasteiger partial charge in [-0.05, 0) is 17.7 Å². The summed E-state index contributed by atoms with van der Waals surface area (Å²) in [5.41, 5.74) is 6.22. The fourth-order valence-electron chi connectivity index (χ4n) is 1.51. The Balaban J connectivity index is 2.08. The highest BCUT2D eigenvalue weighted by Gasteiger charge is 2.19. The van der Waals surface area contributed by atoms with E-state index in [-0.39, 0.29) is 17.3 Å². The van der Waals surface area contributed by atoms with Crippen molar-refractivity contribution in [3.05, 3.63) is 29.8 Å². The Morgan fingerprint density at radius 1 is 1.37 bits per heavy atom. The summed E-state index contributed by atoms with van der Waals surface area (Å²) < 4.78 is 0. The van der Waals surface area contributed by atoms with Crippen molar-refractivity contribution < 1.29 is 15.0 Å². The average Bonchev–Trinajstić information content (AvgIpc) is 2.76. The highest BCUT2D eigenvalue weighted by atomic mass is 32.1. The second-order valence-corrected chi connectivity index (χ2v) is 4.86. The SMILES string of the molecule is Nc1nnc(N[C@@H](Cc2ccc(O)cc2)C(=O)O)s1. The highest BCUT2D eigenvalue weighted by molar-refractivity contribution is 7.18. The summed E-state index contributed by atoms with van der Waals surface area (Å²) in [6.45, 7) is 0. The molecule has 100 valence electrons. The number of carboxylic acid groups (broad SMARTS) is 1. The summed E-state index contributed by atoms with van der Waals surface area (Å²) in [5.74, 6) is -0.859. The van der Waals surface area contributed by atoms with Crippen LogP contribution in [0.2, 0.25) is 0 Å². The maximum Gasteiger partial charge on any atom is 0.326 e. The summed E-state index contributed by atoms with van der Waals surface area (Å²) in [6.07, 6.45) is 0.259. The van der Waals surface area contributed by atoms with Gasteiger partial charge in [-0.2, -0.15) is 0 Å². The van der Waals surface area contributed by atoms with E-state index in [4.69, 9.17) is 5.73 Å². The summed E-state index contributed by atoms with van der Waals surface area (Å²) in [7, 11) is 0. The number of rotatable bonds is 5. The number of nitrogens with zero attached hydrogens (tertiary/aromatic N) is 2. The van der Waals surface area contributed by atoms with Gasteiger partial charge in [0.2, 0.25) is 10.3 Å². The standard InChI is InChI=1S/C11H12N4O3S/c12-10-14-15-11(19-10)13-8(9(17)18)5-6-1-3-7(16)4-2-6/h1-4,8,16H,5H2,(H2,12,14)(H,13,15)(H,17,18)/t8-/m0/s1. The monoisotopic (exact) mass is 280 g/mol. The van der Waals surface area contributed by atoms with Crippen LogP contribution in [-0.4, -0.2) is 32.4 Å². The van der Waals surface area contributed by atoms with Gasteiger partial charge in [0, 0.05) is 6.42 Å². The molecule has 0 spiro atoms. The first-order chi connectivity index (χ1) is 9.04. The van der Waals surface area contributed by atoms with E-state index in [1.54, 1.807) is 12.1 Å². The Hall–Kier alpha value is -2.35. The fraction of sp³-hybridized carbons (Fsp3) is 0.182. The van der Waals surface area contributed by atoms with Gasteiger partial charge >= 0.3 is 5.97 Å². The molecule has 1 aromatic heterocycles. The predicted molar refractivity (Wildman–Crippen MR) is 71.2 cm³/mol. The summed E-state index contributed by atoms with van der Waals surface area (Å²) in [6, 6.07) is 5.52. The third-order valence-electron chi connectivity index (χ3n) is 2.41. The molecule has 0 fully saturated rings. The summed E-state index contributed by atoms with van der Waals surface area (Å²) in [4.78, 5) is 11.2. The molecular formula is C11H12N4O3S. The Labute approximate surface area is 112 Å². The fourth-order valence-corrected chi connectivity index (χ4v) is 2.07. The first-order valence-corrected chi connectivity index (χ1v) is 6.22. The van der Waals surface area contributed by atoms with Crippen LogP contribution < -0.4 is 11.1 Å². The van der Waals surface area contributed by atoms with Crippen LogP contribution in [0, 0.1) is 0 Å². The van der Waals surface area contributed by atoms with Crippen LogP contribution in [0.1, 0.15) is 5.56 Å². The molecule has 7 nitrogen and oxygen atoms in total. The van der Waals surface area contributed by atoms with Crippen molar-refractivity contribution in [2.75, 3.05) is 11.1 Å². The number of aromatic hydroxyl groups is 1.